The number of rotatable bonds is 4. The summed E-state index contributed by atoms with van der Waals surface area (Å²) in [5, 5.41) is 3.11. The average Bonchev–Trinajstić information content (AvgIpc) is 3.10. The summed E-state index contributed by atoms with van der Waals surface area (Å²) in [7, 11) is 0. The number of amides is 2. The van der Waals surface area contributed by atoms with Crippen LogP contribution in [0.15, 0.2) is 18.3 Å². The SMILES string of the molecule is CCOC(=O)C1CCC(CNC(=O)N2CCn3cccc3C2C)CC1. The highest BCUT2D eigenvalue weighted by molar-refractivity contribution is 5.75. The van der Waals surface area contributed by atoms with Gasteiger partial charge in [-0.05, 0) is 57.6 Å². The first-order valence-corrected chi connectivity index (χ1v) is 9.46. The molecule has 1 atom stereocenters. The summed E-state index contributed by atoms with van der Waals surface area (Å²) in [6, 6.07) is 4.24. The number of hydrogen-bond donors (Lipinski definition) is 1. The van der Waals surface area contributed by atoms with E-state index in [-0.39, 0.29) is 24.0 Å². The van der Waals surface area contributed by atoms with Gasteiger partial charge in [-0.15, -0.1) is 0 Å². The molecule has 1 aliphatic carbocycles. The van der Waals surface area contributed by atoms with Gasteiger partial charge in [0.1, 0.15) is 0 Å². The number of urea groups is 1. The molecule has 1 aromatic rings. The van der Waals surface area contributed by atoms with E-state index in [0.29, 0.717) is 19.1 Å². The maximum atomic E-state index is 12.6. The monoisotopic (exact) mass is 347 g/mol. The zero-order chi connectivity index (χ0) is 17.8. The summed E-state index contributed by atoms with van der Waals surface area (Å²) < 4.78 is 7.32. The van der Waals surface area contributed by atoms with Gasteiger partial charge in [0.25, 0.3) is 0 Å². The molecule has 3 rings (SSSR count). The maximum absolute atomic E-state index is 12.6. The van der Waals surface area contributed by atoms with E-state index in [9.17, 15) is 9.59 Å². The Hall–Kier alpha value is -1.98. The lowest BCUT2D eigenvalue weighted by atomic mass is 9.82. The molecule has 138 valence electrons. The Kier molecular flexibility index (Phi) is 5.66. The van der Waals surface area contributed by atoms with E-state index in [1.165, 1.54) is 5.69 Å². The van der Waals surface area contributed by atoms with E-state index in [1.54, 1.807) is 0 Å². The fraction of sp³-hybridized carbons (Fsp3) is 0.684. The van der Waals surface area contributed by atoms with E-state index >= 15 is 0 Å². The lowest BCUT2D eigenvalue weighted by Crippen LogP contribution is -2.47. The Balaban J connectivity index is 1.44. The summed E-state index contributed by atoms with van der Waals surface area (Å²) in [6.07, 6.45) is 5.76. The fourth-order valence-electron chi connectivity index (χ4n) is 4.05. The molecule has 25 heavy (non-hydrogen) atoms. The van der Waals surface area contributed by atoms with E-state index in [0.717, 1.165) is 38.8 Å². The second-order valence-electron chi connectivity index (χ2n) is 7.15. The van der Waals surface area contributed by atoms with Crippen molar-refractivity contribution in [3.05, 3.63) is 24.0 Å². The lowest BCUT2D eigenvalue weighted by molar-refractivity contribution is -0.149. The van der Waals surface area contributed by atoms with Gasteiger partial charge in [0, 0.05) is 31.5 Å². The molecule has 1 aromatic heterocycles. The number of nitrogens with one attached hydrogen (secondary N) is 1. The molecule has 1 fully saturated rings. The molecule has 0 aromatic carbocycles. The van der Waals surface area contributed by atoms with Crippen LogP contribution in [0.3, 0.4) is 0 Å². The van der Waals surface area contributed by atoms with E-state index in [2.05, 4.69) is 29.1 Å². The Morgan fingerprint density at radius 3 is 2.72 bits per heavy atom. The van der Waals surface area contributed by atoms with Crippen molar-refractivity contribution in [1.29, 1.82) is 0 Å². The minimum Gasteiger partial charge on any atom is -0.466 e. The van der Waals surface area contributed by atoms with Crippen molar-refractivity contribution < 1.29 is 14.3 Å². The zero-order valence-electron chi connectivity index (χ0n) is 15.2. The predicted octanol–water partition coefficient (Wildman–Crippen LogP) is 2.94. The molecule has 2 aliphatic rings. The van der Waals surface area contributed by atoms with Crippen molar-refractivity contribution in [2.75, 3.05) is 19.7 Å². The van der Waals surface area contributed by atoms with Crippen LogP contribution in [0.5, 0.6) is 0 Å². The number of fused-ring (bicyclic) bond motifs is 1. The molecular formula is C19H29N3O3. The van der Waals surface area contributed by atoms with Crippen molar-refractivity contribution in [2.24, 2.45) is 11.8 Å². The summed E-state index contributed by atoms with van der Waals surface area (Å²) in [5.74, 6) is 0.440. The number of esters is 1. The molecule has 0 saturated heterocycles. The Morgan fingerprint density at radius 2 is 2.00 bits per heavy atom. The van der Waals surface area contributed by atoms with Gasteiger partial charge >= 0.3 is 12.0 Å². The zero-order valence-corrected chi connectivity index (χ0v) is 15.2. The molecule has 6 nitrogen and oxygen atoms in total. The van der Waals surface area contributed by atoms with Gasteiger partial charge in [-0.25, -0.2) is 4.79 Å². The molecule has 0 spiro atoms. The van der Waals surface area contributed by atoms with Crippen LogP contribution in [0.1, 0.15) is 51.3 Å². The van der Waals surface area contributed by atoms with Gasteiger partial charge in [0.2, 0.25) is 0 Å². The van der Waals surface area contributed by atoms with Crippen LogP contribution in [0.4, 0.5) is 4.79 Å². The predicted molar refractivity (Wildman–Crippen MR) is 95.0 cm³/mol. The number of carbonyl (C=O) groups excluding carboxylic acids is 2. The van der Waals surface area contributed by atoms with Crippen molar-refractivity contribution in [2.45, 2.75) is 52.1 Å². The topological polar surface area (TPSA) is 63.6 Å². The normalized spacial score (nSPS) is 26.0. The second-order valence-corrected chi connectivity index (χ2v) is 7.15. The number of carbonyl (C=O) groups is 2. The van der Waals surface area contributed by atoms with Crippen molar-refractivity contribution >= 4 is 12.0 Å². The Morgan fingerprint density at radius 1 is 1.24 bits per heavy atom. The fourth-order valence-corrected chi connectivity index (χ4v) is 4.05. The van der Waals surface area contributed by atoms with E-state index < -0.39 is 0 Å². The van der Waals surface area contributed by atoms with Crippen LogP contribution in [0.25, 0.3) is 0 Å². The average molecular weight is 347 g/mol. The van der Waals surface area contributed by atoms with E-state index in [1.807, 2.05) is 17.9 Å². The molecule has 0 radical (unpaired) electrons. The molecule has 1 N–H and O–H groups in total. The second kappa shape index (κ2) is 7.93. The van der Waals surface area contributed by atoms with Gasteiger partial charge in [-0.1, -0.05) is 0 Å². The number of nitrogens with zero attached hydrogens (tertiary/aromatic N) is 2. The van der Waals surface area contributed by atoms with Crippen molar-refractivity contribution in [1.82, 2.24) is 14.8 Å². The molecule has 1 unspecified atom stereocenters. The lowest BCUT2D eigenvalue weighted by Gasteiger charge is -2.35. The van der Waals surface area contributed by atoms with Gasteiger partial charge < -0.3 is 19.5 Å². The van der Waals surface area contributed by atoms with E-state index in [4.69, 9.17) is 4.74 Å². The number of aromatic nitrogens is 1. The smallest absolute Gasteiger partial charge is 0.318 e. The maximum Gasteiger partial charge on any atom is 0.318 e. The molecule has 1 aliphatic heterocycles. The minimum atomic E-state index is -0.0601. The Bertz CT molecular complexity index is 605. The first kappa shape index (κ1) is 17.8. The molecular weight excluding hydrogens is 318 g/mol. The van der Waals surface area contributed by atoms with Gasteiger partial charge in [0.05, 0.1) is 18.6 Å². The highest BCUT2D eigenvalue weighted by Gasteiger charge is 2.30. The van der Waals surface area contributed by atoms with Crippen LogP contribution < -0.4 is 5.32 Å². The van der Waals surface area contributed by atoms with Crippen LogP contribution in [0.2, 0.25) is 0 Å². The number of ether oxygens (including phenoxy) is 1. The first-order valence-electron chi connectivity index (χ1n) is 9.46. The summed E-state index contributed by atoms with van der Waals surface area (Å²) in [6.45, 7) is 6.66. The minimum absolute atomic E-state index is 0.0208. The largest absolute Gasteiger partial charge is 0.466 e. The van der Waals surface area contributed by atoms with Crippen molar-refractivity contribution in [3.63, 3.8) is 0 Å². The van der Waals surface area contributed by atoms with Gasteiger partial charge in [-0.2, -0.15) is 0 Å². The van der Waals surface area contributed by atoms with Crippen LogP contribution in [0, 0.1) is 11.8 Å². The molecule has 0 bridgehead atoms. The molecule has 1 saturated carbocycles. The molecule has 2 amide bonds. The summed E-state index contributed by atoms with van der Waals surface area (Å²) in [5.41, 5.74) is 1.19. The highest BCUT2D eigenvalue weighted by atomic mass is 16.5. The first-order chi connectivity index (χ1) is 12.1. The standard InChI is InChI=1S/C19H29N3O3/c1-3-25-18(23)16-8-6-15(7-9-16)13-20-19(24)22-12-11-21-10-4-5-17(21)14(22)2/h4-5,10,14-16H,3,6-9,11-13H2,1-2H3,(H,20,24). The summed E-state index contributed by atoms with van der Waals surface area (Å²) in [4.78, 5) is 26.3. The van der Waals surface area contributed by atoms with Gasteiger partial charge in [-0.3, -0.25) is 4.79 Å². The van der Waals surface area contributed by atoms with Crippen LogP contribution >= 0.6 is 0 Å². The van der Waals surface area contributed by atoms with Crippen molar-refractivity contribution in [3.8, 4) is 0 Å². The van der Waals surface area contributed by atoms with Crippen LogP contribution in [-0.4, -0.2) is 41.2 Å². The molecule has 6 heteroatoms. The quantitative estimate of drug-likeness (QED) is 0.852. The van der Waals surface area contributed by atoms with Crippen LogP contribution in [-0.2, 0) is 16.1 Å². The Labute approximate surface area is 149 Å². The summed E-state index contributed by atoms with van der Waals surface area (Å²) >= 11 is 0. The third-order valence-corrected chi connectivity index (χ3v) is 5.61. The third kappa shape index (κ3) is 3.99. The van der Waals surface area contributed by atoms with Gasteiger partial charge in [0.15, 0.2) is 0 Å². The number of hydrogen-bond acceptors (Lipinski definition) is 3. The highest BCUT2D eigenvalue weighted by Crippen LogP contribution is 2.30. The molecule has 2 heterocycles. The third-order valence-electron chi connectivity index (χ3n) is 5.61.